The highest BCUT2D eigenvalue weighted by molar-refractivity contribution is 6.04. The van der Waals surface area contributed by atoms with Crippen molar-refractivity contribution < 1.29 is 18.0 Å². The highest BCUT2D eigenvalue weighted by Gasteiger charge is 2.27. The number of amides is 1. The predicted molar refractivity (Wildman–Crippen MR) is 89.9 cm³/mol. The van der Waals surface area contributed by atoms with Crippen molar-refractivity contribution in [1.29, 1.82) is 0 Å². The molecule has 1 heterocycles. The van der Waals surface area contributed by atoms with Gasteiger partial charge in [-0.25, -0.2) is 17.9 Å². The summed E-state index contributed by atoms with van der Waals surface area (Å²) in [6.45, 7) is 0. The number of carbonyl (C=O) groups excluding carboxylic acids is 1. The van der Waals surface area contributed by atoms with Gasteiger partial charge in [0.05, 0.1) is 11.4 Å². The van der Waals surface area contributed by atoms with Crippen LogP contribution >= 0.6 is 0 Å². The molecule has 3 aromatic rings. The second-order valence-electron chi connectivity index (χ2n) is 6.09. The van der Waals surface area contributed by atoms with Gasteiger partial charge in [0.1, 0.15) is 17.5 Å². The van der Waals surface area contributed by atoms with E-state index in [1.54, 1.807) is 16.8 Å². The largest absolute Gasteiger partial charge is 0.318 e. The lowest BCUT2D eigenvalue weighted by Gasteiger charge is -2.06. The fourth-order valence-corrected chi connectivity index (χ4v) is 3.19. The Bertz CT molecular complexity index is 996. The van der Waals surface area contributed by atoms with Crippen molar-refractivity contribution in [2.24, 2.45) is 0 Å². The first-order chi connectivity index (χ1) is 12.5. The summed E-state index contributed by atoms with van der Waals surface area (Å²) < 4.78 is 41.6. The molecule has 0 saturated carbocycles. The van der Waals surface area contributed by atoms with Crippen molar-refractivity contribution in [3.05, 3.63) is 76.9 Å². The molecule has 0 saturated heterocycles. The number of nitrogens with one attached hydrogen (secondary N) is 1. The Morgan fingerprint density at radius 1 is 1.00 bits per heavy atom. The molecule has 1 N–H and O–H groups in total. The number of nitrogens with zero attached hydrogens (tertiary/aromatic N) is 2. The van der Waals surface area contributed by atoms with Gasteiger partial charge in [-0.05, 0) is 55.7 Å². The van der Waals surface area contributed by atoms with Gasteiger partial charge in [0.15, 0.2) is 5.69 Å². The van der Waals surface area contributed by atoms with Crippen LogP contribution in [0, 0.1) is 17.5 Å². The van der Waals surface area contributed by atoms with Crippen molar-refractivity contribution in [3.8, 4) is 5.69 Å². The molecule has 0 unspecified atom stereocenters. The van der Waals surface area contributed by atoms with E-state index in [9.17, 15) is 18.0 Å². The van der Waals surface area contributed by atoms with Crippen molar-refractivity contribution in [2.45, 2.75) is 19.3 Å². The third-order valence-electron chi connectivity index (χ3n) is 4.40. The molecular formula is C19H14F3N3O. The van der Waals surface area contributed by atoms with E-state index in [4.69, 9.17) is 0 Å². The highest BCUT2D eigenvalue weighted by atomic mass is 19.1. The molecule has 0 atom stereocenters. The molecule has 132 valence electrons. The monoisotopic (exact) mass is 357 g/mol. The SMILES string of the molecule is O=C(Nc1ccc(F)cc1F)c1nn(-c2ccc(F)cc2)c2c1CCC2. The van der Waals surface area contributed by atoms with Crippen LogP contribution in [0.15, 0.2) is 42.5 Å². The molecule has 4 nitrogen and oxygen atoms in total. The summed E-state index contributed by atoms with van der Waals surface area (Å²) in [5.41, 5.74) is 2.43. The van der Waals surface area contributed by atoms with E-state index >= 15 is 0 Å². The summed E-state index contributed by atoms with van der Waals surface area (Å²) >= 11 is 0. The fourth-order valence-electron chi connectivity index (χ4n) is 3.19. The molecule has 0 fully saturated rings. The number of anilines is 1. The minimum Gasteiger partial charge on any atom is -0.318 e. The van der Waals surface area contributed by atoms with Crippen LogP contribution in [0.2, 0.25) is 0 Å². The first kappa shape index (κ1) is 16.4. The predicted octanol–water partition coefficient (Wildman–Crippen LogP) is 4.03. The van der Waals surface area contributed by atoms with Crippen molar-refractivity contribution in [2.75, 3.05) is 5.32 Å². The fraction of sp³-hybridized carbons (Fsp3) is 0.158. The Labute approximate surface area is 147 Å². The molecule has 0 bridgehead atoms. The molecule has 4 rings (SSSR count). The lowest BCUT2D eigenvalue weighted by Crippen LogP contribution is -2.16. The Hall–Kier alpha value is -3.09. The first-order valence-corrected chi connectivity index (χ1v) is 8.16. The van der Waals surface area contributed by atoms with Crippen LogP contribution in [0.4, 0.5) is 18.9 Å². The first-order valence-electron chi connectivity index (χ1n) is 8.16. The Balaban J connectivity index is 1.69. The number of benzene rings is 2. The third-order valence-corrected chi connectivity index (χ3v) is 4.40. The van der Waals surface area contributed by atoms with E-state index in [-0.39, 0.29) is 17.2 Å². The zero-order valence-electron chi connectivity index (χ0n) is 13.6. The van der Waals surface area contributed by atoms with Crippen LogP contribution in [0.3, 0.4) is 0 Å². The molecule has 2 aromatic carbocycles. The van der Waals surface area contributed by atoms with Gasteiger partial charge < -0.3 is 5.32 Å². The molecule has 26 heavy (non-hydrogen) atoms. The summed E-state index contributed by atoms with van der Waals surface area (Å²) in [5.74, 6) is -2.49. The number of hydrogen-bond acceptors (Lipinski definition) is 2. The van der Waals surface area contributed by atoms with Gasteiger partial charge in [0.2, 0.25) is 0 Å². The maximum absolute atomic E-state index is 13.8. The van der Waals surface area contributed by atoms with Crippen LogP contribution in [-0.2, 0) is 12.8 Å². The standard InChI is InChI=1S/C19H14F3N3O/c20-11-4-7-13(8-5-11)25-17-3-1-2-14(17)18(24-25)19(26)23-16-9-6-12(21)10-15(16)22/h4-10H,1-3H2,(H,23,26). The summed E-state index contributed by atoms with van der Waals surface area (Å²) in [4.78, 5) is 12.6. The van der Waals surface area contributed by atoms with Gasteiger partial charge in [-0.1, -0.05) is 0 Å². The third kappa shape index (κ3) is 2.85. The van der Waals surface area contributed by atoms with Crippen LogP contribution in [0.25, 0.3) is 5.69 Å². The number of fused-ring (bicyclic) bond motifs is 1. The van der Waals surface area contributed by atoms with E-state index in [0.717, 1.165) is 30.2 Å². The average molecular weight is 357 g/mol. The minimum absolute atomic E-state index is 0.112. The van der Waals surface area contributed by atoms with Gasteiger partial charge in [-0.3, -0.25) is 4.79 Å². The van der Waals surface area contributed by atoms with Gasteiger partial charge in [-0.15, -0.1) is 0 Å². The molecule has 1 aromatic heterocycles. The zero-order chi connectivity index (χ0) is 18.3. The van der Waals surface area contributed by atoms with Crippen LogP contribution < -0.4 is 5.32 Å². The zero-order valence-corrected chi connectivity index (χ0v) is 13.6. The molecule has 0 aliphatic heterocycles. The van der Waals surface area contributed by atoms with Crippen molar-refractivity contribution in [1.82, 2.24) is 9.78 Å². The van der Waals surface area contributed by atoms with E-state index in [0.29, 0.717) is 18.2 Å². The van der Waals surface area contributed by atoms with E-state index < -0.39 is 17.5 Å². The van der Waals surface area contributed by atoms with Gasteiger partial charge in [-0.2, -0.15) is 5.10 Å². The molecular weight excluding hydrogens is 343 g/mol. The maximum atomic E-state index is 13.8. The molecule has 0 spiro atoms. The van der Waals surface area contributed by atoms with Crippen LogP contribution in [0.1, 0.15) is 28.2 Å². The van der Waals surface area contributed by atoms with E-state index in [1.807, 2.05) is 0 Å². The van der Waals surface area contributed by atoms with Crippen molar-refractivity contribution in [3.63, 3.8) is 0 Å². The number of rotatable bonds is 3. The second kappa shape index (κ2) is 6.33. The summed E-state index contributed by atoms with van der Waals surface area (Å²) in [7, 11) is 0. The molecule has 1 amide bonds. The normalized spacial score (nSPS) is 12.9. The Kier molecular flexibility index (Phi) is 3.99. The molecule has 1 aliphatic carbocycles. The summed E-state index contributed by atoms with van der Waals surface area (Å²) in [6, 6.07) is 8.76. The van der Waals surface area contributed by atoms with E-state index in [1.165, 1.54) is 18.2 Å². The van der Waals surface area contributed by atoms with Crippen LogP contribution in [-0.4, -0.2) is 15.7 Å². The van der Waals surface area contributed by atoms with Crippen LogP contribution in [0.5, 0.6) is 0 Å². The maximum Gasteiger partial charge on any atom is 0.276 e. The number of halogens is 3. The van der Waals surface area contributed by atoms with Crippen molar-refractivity contribution >= 4 is 11.6 Å². The Morgan fingerprint density at radius 2 is 1.73 bits per heavy atom. The highest BCUT2D eigenvalue weighted by Crippen LogP contribution is 2.28. The van der Waals surface area contributed by atoms with Gasteiger partial charge in [0.25, 0.3) is 5.91 Å². The lowest BCUT2D eigenvalue weighted by atomic mass is 10.2. The van der Waals surface area contributed by atoms with Gasteiger partial charge in [0, 0.05) is 17.3 Å². The molecule has 0 radical (unpaired) electrons. The molecule has 7 heteroatoms. The number of hydrogen-bond donors (Lipinski definition) is 1. The smallest absolute Gasteiger partial charge is 0.276 e. The molecule has 1 aliphatic rings. The summed E-state index contributed by atoms with van der Waals surface area (Å²) in [5, 5.41) is 6.80. The topological polar surface area (TPSA) is 46.9 Å². The minimum atomic E-state index is -0.854. The number of carbonyl (C=O) groups is 1. The number of aromatic nitrogens is 2. The Morgan fingerprint density at radius 3 is 2.46 bits per heavy atom. The lowest BCUT2D eigenvalue weighted by molar-refractivity contribution is 0.102. The summed E-state index contributed by atoms with van der Waals surface area (Å²) in [6.07, 6.45) is 2.31. The second-order valence-corrected chi connectivity index (χ2v) is 6.09. The quantitative estimate of drug-likeness (QED) is 0.769. The van der Waals surface area contributed by atoms with Gasteiger partial charge >= 0.3 is 0 Å². The average Bonchev–Trinajstić information content (AvgIpc) is 3.20. The van der Waals surface area contributed by atoms with E-state index in [2.05, 4.69) is 10.4 Å².